The lowest BCUT2D eigenvalue weighted by Crippen LogP contribution is -2.57. The molecule has 0 bridgehead atoms. The Hall–Kier alpha value is -1.56. The van der Waals surface area contributed by atoms with Crippen LogP contribution in [0, 0.1) is 6.92 Å². The van der Waals surface area contributed by atoms with Crippen molar-refractivity contribution in [2.75, 3.05) is 12.8 Å². The Morgan fingerprint density at radius 2 is 2.29 bits per heavy atom. The van der Waals surface area contributed by atoms with E-state index in [0.717, 1.165) is 11.3 Å². The van der Waals surface area contributed by atoms with Crippen molar-refractivity contribution in [2.24, 2.45) is 0 Å². The topological polar surface area (TPSA) is 62.3 Å². The monoisotopic (exact) mass is 307 g/mol. The summed E-state index contributed by atoms with van der Waals surface area (Å²) in [7, 11) is 1.76. The molecule has 1 N–H and O–H groups in total. The zero-order valence-corrected chi connectivity index (χ0v) is 13.7. The van der Waals surface area contributed by atoms with Gasteiger partial charge in [0.05, 0.1) is 4.75 Å². The van der Waals surface area contributed by atoms with Crippen LogP contribution in [-0.2, 0) is 16.1 Å². The van der Waals surface area contributed by atoms with E-state index >= 15 is 0 Å². The van der Waals surface area contributed by atoms with Gasteiger partial charge in [-0.2, -0.15) is 0 Å². The lowest BCUT2D eigenvalue weighted by atomic mass is 10.1. The lowest BCUT2D eigenvalue weighted by Gasteiger charge is -2.34. The van der Waals surface area contributed by atoms with Crippen molar-refractivity contribution >= 4 is 23.6 Å². The summed E-state index contributed by atoms with van der Waals surface area (Å²) in [6.07, 6.45) is 1.74. The van der Waals surface area contributed by atoms with E-state index in [4.69, 9.17) is 0 Å². The van der Waals surface area contributed by atoms with Crippen molar-refractivity contribution in [1.29, 1.82) is 0 Å². The van der Waals surface area contributed by atoms with Gasteiger partial charge in [-0.05, 0) is 38.5 Å². The van der Waals surface area contributed by atoms with E-state index in [0.29, 0.717) is 12.3 Å². The van der Waals surface area contributed by atoms with E-state index in [2.05, 4.69) is 10.3 Å². The lowest BCUT2D eigenvalue weighted by molar-refractivity contribution is -0.136. The summed E-state index contributed by atoms with van der Waals surface area (Å²) in [6, 6.07) is 3.42. The van der Waals surface area contributed by atoms with Crippen LogP contribution in [-0.4, -0.2) is 45.3 Å². The van der Waals surface area contributed by atoms with Crippen LogP contribution in [0.2, 0.25) is 0 Å². The van der Waals surface area contributed by atoms with Gasteiger partial charge in [0.1, 0.15) is 6.04 Å². The maximum atomic E-state index is 12.4. The maximum Gasteiger partial charge on any atom is 0.246 e. The van der Waals surface area contributed by atoms with Gasteiger partial charge in [-0.1, -0.05) is 0 Å². The second kappa shape index (κ2) is 6.05. The van der Waals surface area contributed by atoms with Gasteiger partial charge in [0.2, 0.25) is 11.8 Å². The molecule has 0 spiro atoms. The normalized spacial score (nSPS) is 20.8. The van der Waals surface area contributed by atoms with Gasteiger partial charge < -0.3 is 10.2 Å². The summed E-state index contributed by atoms with van der Waals surface area (Å²) >= 11 is 1.52. The van der Waals surface area contributed by atoms with Crippen LogP contribution in [0.3, 0.4) is 0 Å². The first-order valence-corrected chi connectivity index (χ1v) is 7.89. The number of nitrogens with zero attached hydrogens (tertiary/aromatic N) is 2. The van der Waals surface area contributed by atoms with Gasteiger partial charge >= 0.3 is 0 Å². The Morgan fingerprint density at radius 1 is 1.57 bits per heavy atom. The molecule has 21 heavy (non-hydrogen) atoms. The molecule has 1 saturated heterocycles. The predicted molar refractivity (Wildman–Crippen MR) is 83.9 cm³/mol. The fraction of sp³-hybridized carbons (Fsp3) is 0.533. The summed E-state index contributed by atoms with van der Waals surface area (Å²) in [5, 5.41) is 2.82. The molecule has 0 radical (unpaired) electrons. The van der Waals surface area contributed by atoms with Crippen LogP contribution in [0.1, 0.15) is 25.1 Å². The molecule has 6 heteroatoms. The maximum absolute atomic E-state index is 12.4. The molecule has 0 aromatic carbocycles. The first-order chi connectivity index (χ1) is 9.79. The first-order valence-electron chi connectivity index (χ1n) is 6.91. The number of thioether (sulfide) groups is 1. The van der Waals surface area contributed by atoms with E-state index < -0.39 is 10.8 Å². The van der Waals surface area contributed by atoms with E-state index in [1.807, 2.05) is 32.9 Å². The number of rotatable bonds is 3. The minimum atomic E-state index is -0.461. The highest BCUT2D eigenvalue weighted by Crippen LogP contribution is 2.29. The first kappa shape index (κ1) is 15.8. The Balaban J connectivity index is 1.98. The number of aromatic nitrogens is 1. The molecule has 5 nitrogen and oxygen atoms in total. The zero-order valence-electron chi connectivity index (χ0n) is 12.8. The molecular weight excluding hydrogens is 286 g/mol. The Labute approximate surface area is 129 Å². The summed E-state index contributed by atoms with van der Waals surface area (Å²) in [4.78, 5) is 30.2. The molecule has 114 valence electrons. The number of likely N-dealkylation sites (N-methyl/N-ethyl adjacent to an activating group) is 1. The van der Waals surface area contributed by atoms with E-state index in [1.54, 1.807) is 18.1 Å². The Kier molecular flexibility index (Phi) is 4.56. The highest BCUT2D eigenvalue weighted by atomic mass is 32.2. The molecule has 1 aromatic rings. The molecule has 1 fully saturated rings. The van der Waals surface area contributed by atoms with Crippen molar-refractivity contribution < 1.29 is 9.59 Å². The molecule has 1 atom stereocenters. The molecule has 1 aliphatic rings. The van der Waals surface area contributed by atoms with E-state index in [1.165, 1.54) is 11.8 Å². The van der Waals surface area contributed by atoms with Crippen LogP contribution < -0.4 is 5.32 Å². The van der Waals surface area contributed by atoms with Crippen molar-refractivity contribution in [1.82, 2.24) is 15.2 Å². The molecule has 1 unspecified atom stereocenters. The van der Waals surface area contributed by atoms with Crippen molar-refractivity contribution in [3.8, 4) is 0 Å². The number of nitrogens with one attached hydrogen (secondary N) is 1. The number of carbonyl (C=O) groups excluding carboxylic acids is 2. The van der Waals surface area contributed by atoms with Gasteiger partial charge in [-0.15, -0.1) is 11.8 Å². The summed E-state index contributed by atoms with van der Waals surface area (Å²) in [6.45, 7) is 6.18. The Morgan fingerprint density at radius 3 is 2.90 bits per heavy atom. The number of hydrogen-bond donors (Lipinski definition) is 1. The van der Waals surface area contributed by atoms with Gasteiger partial charge in [0.25, 0.3) is 0 Å². The highest BCUT2D eigenvalue weighted by Gasteiger charge is 2.38. The van der Waals surface area contributed by atoms with Crippen molar-refractivity contribution in [2.45, 2.75) is 38.1 Å². The SMILES string of the molecule is Cc1cc(CN(C)C(=O)C2CSC(C)(C)C(=O)N2)ccn1. The molecule has 0 aliphatic carbocycles. The van der Waals surface area contributed by atoms with E-state index in [-0.39, 0.29) is 11.8 Å². The van der Waals surface area contributed by atoms with Gasteiger partial charge in [0, 0.05) is 31.2 Å². The second-order valence-corrected chi connectivity index (χ2v) is 7.49. The number of amides is 2. The van der Waals surface area contributed by atoms with Crippen molar-refractivity contribution in [3.63, 3.8) is 0 Å². The molecule has 0 saturated carbocycles. The van der Waals surface area contributed by atoms with Crippen molar-refractivity contribution in [3.05, 3.63) is 29.6 Å². The minimum Gasteiger partial charge on any atom is -0.342 e. The van der Waals surface area contributed by atoms with Gasteiger partial charge in [-0.3, -0.25) is 14.6 Å². The summed E-state index contributed by atoms with van der Waals surface area (Å²) in [5.41, 5.74) is 1.96. The number of pyridine rings is 1. The largest absolute Gasteiger partial charge is 0.342 e. The highest BCUT2D eigenvalue weighted by molar-refractivity contribution is 8.01. The van der Waals surface area contributed by atoms with Gasteiger partial charge in [0.15, 0.2) is 0 Å². The van der Waals surface area contributed by atoms with Crippen LogP contribution >= 0.6 is 11.8 Å². The average Bonchev–Trinajstić information content (AvgIpc) is 2.41. The number of hydrogen-bond acceptors (Lipinski definition) is 4. The molecule has 2 heterocycles. The van der Waals surface area contributed by atoms with Gasteiger partial charge in [-0.25, -0.2) is 0 Å². The Bertz CT molecular complexity index is 560. The van der Waals surface area contributed by atoms with Crippen LogP contribution in [0.4, 0.5) is 0 Å². The third-order valence-corrected chi connectivity index (χ3v) is 4.93. The molecule has 1 aromatic heterocycles. The van der Waals surface area contributed by atoms with Crippen LogP contribution in [0.5, 0.6) is 0 Å². The quantitative estimate of drug-likeness (QED) is 0.916. The van der Waals surface area contributed by atoms with E-state index in [9.17, 15) is 9.59 Å². The standard InChI is InChI=1S/C15H21N3O2S/c1-10-7-11(5-6-16-10)8-18(4)13(19)12-9-21-15(2,3)14(20)17-12/h5-7,12H,8-9H2,1-4H3,(H,17,20). The summed E-state index contributed by atoms with van der Waals surface area (Å²) < 4.78 is -0.461. The third kappa shape index (κ3) is 3.75. The number of aryl methyl sites for hydroxylation is 1. The zero-order chi connectivity index (χ0) is 15.6. The molecular formula is C15H21N3O2S. The molecule has 1 aliphatic heterocycles. The number of carbonyl (C=O) groups is 2. The van der Waals surface area contributed by atoms with Crippen LogP contribution in [0.15, 0.2) is 18.3 Å². The fourth-order valence-corrected chi connectivity index (χ4v) is 3.18. The van der Waals surface area contributed by atoms with Crippen LogP contribution in [0.25, 0.3) is 0 Å². The fourth-order valence-electron chi connectivity index (χ4n) is 2.18. The minimum absolute atomic E-state index is 0.0548. The second-order valence-electron chi connectivity index (χ2n) is 5.85. The molecule has 2 rings (SSSR count). The average molecular weight is 307 g/mol. The predicted octanol–water partition coefficient (Wildman–Crippen LogP) is 1.36. The molecule has 2 amide bonds. The third-order valence-electron chi connectivity index (χ3n) is 3.52. The summed E-state index contributed by atoms with van der Waals surface area (Å²) in [5.74, 6) is 0.475. The smallest absolute Gasteiger partial charge is 0.246 e.